The molecule has 0 heterocycles. The van der Waals surface area contributed by atoms with Crippen LogP contribution in [0.25, 0.3) is 0 Å². The zero-order chi connectivity index (χ0) is 9.78. The topological polar surface area (TPSA) is 47.6 Å². The minimum absolute atomic E-state index is 0.0324. The van der Waals surface area contributed by atoms with E-state index >= 15 is 0 Å². The van der Waals surface area contributed by atoms with E-state index in [1.807, 2.05) is 20.8 Å². The molecule has 0 amide bonds. The molecule has 0 aromatic rings. The molecule has 0 fully saturated rings. The van der Waals surface area contributed by atoms with Crippen LogP contribution in [0.4, 0.5) is 0 Å². The first-order valence-electron chi connectivity index (χ1n) is 3.49. The second-order valence-corrected chi connectivity index (χ2v) is 3.37. The van der Waals surface area contributed by atoms with Crippen LogP contribution in [0.3, 0.4) is 0 Å². The number of rotatable bonds is 0. The van der Waals surface area contributed by atoms with Gasteiger partial charge in [-0.2, -0.15) is 10.5 Å². The third-order valence-electron chi connectivity index (χ3n) is 1.37. The Hall–Kier alpha value is -1.72. The van der Waals surface area contributed by atoms with Gasteiger partial charge in [0.25, 0.3) is 0 Å². The van der Waals surface area contributed by atoms with Gasteiger partial charge in [0.15, 0.2) is 0 Å². The molecule has 60 valence electrons. The zero-order valence-electron chi connectivity index (χ0n) is 7.47. The van der Waals surface area contributed by atoms with Gasteiger partial charge < -0.3 is 0 Å². The van der Waals surface area contributed by atoms with Gasteiger partial charge in [-0.1, -0.05) is 26.7 Å². The molecule has 2 heteroatoms. The van der Waals surface area contributed by atoms with Gasteiger partial charge in [0.1, 0.15) is 17.7 Å². The summed E-state index contributed by atoms with van der Waals surface area (Å²) in [7, 11) is 0. The molecule has 0 spiro atoms. The van der Waals surface area contributed by atoms with Crippen molar-refractivity contribution < 1.29 is 0 Å². The Morgan fingerprint density at radius 3 is 1.67 bits per heavy atom. The van der Waals surface area contributed by atoms with Crippen LogP contribution in [-0.4, -0.2) is 0 Å². The Morgan fingerprint density at radius 1 is 1.17 bits per heavy atom. The molecular weight excluding hydrogens is 148 g/mol. The molecule has 0 radical (unpaired) electrons. The molecule has 0 aromatic carbocycles. The van der Waals surface area contributed by atoms with Crippen molar-refractivity contribution in [1.82, 2.24) is 0 Å². The highest BCUT2D eigenvalue weighted by atomic mass is 14.3. The van der Waals surface area contributed by atoms with Crippen molar-refractivity contribution in [3.63, 3.8) is 0 Å². The summed E-state index contributed by atoms with van der Waals surface area (Å²) in [6.07, 6.45) is 5.20. The predicted octanol–water partition coefficient (Wildman–Crippen LogP) is 2.01. The lowest BCUT2D eigenvalue weighted by atomic mass is 9.84. The van der Waals surface area contributed by atoms with E-state index in [-0.39, 0.29) is 11.0 Å². The highest BCUT2D eigenvalue weighted by Crippen LogP contribution is 2.26. The second-order valence-electron chi connectivity index (χ2n) is 3.37. The summed E-state index contributed by atoms with van der Waals surface area (Å²) in [6, 6.07) is 3.57. The van der Waals surface area contributed by atoms with Crippen molar-refractivity contribution in [2.24, 2.45) is 5.41 Å². The summed E-state index contributed by atoms with van der Waals surface area (Å²) >= 11 is 0. The summed E-state index contributed by atoms with van der Waals surface area (Å²) in [6.45, 7) is 5.62. The Labute approximate surface area is 73.1 Å². The third-order valence-corrected chi connectivity index (χ3v) is 1.37. The van der Waals surface area contributed by atoms with Gasteiger partial charge in [0.05, 0.1) is 0 Å². The quantitative estimate of drug-likeness (QED) is 0.400. The highest BCUT2D eigenvalue weighted by molar-refractivity contribution is 5.49. The molecule has 0 N–H and O–H groups in total. The van der Waals surface area contributed by atoms with E-state index in [1.54, 1.807) is 12.1 Å². The van der Waals surface area contributed by atoms with Crippen LogP contribution in [-0.2, 0) is 0 Å². The van der Waals surface area contributed by atoms with E-state index < -0.39 is 0 Å². The SMILES string of the molecule is C#CC(=C(C#N)C#N)C(C)(C)C. The number of nitriles is 2. The molecular formula is C10H10N2. The predicted molar refractivity (Wildman–Crippen MR) is 46.5 cm³/mol. The van der Waals surface area contributed by atoms with Gasteiger partial charge in [-0.05, 0) is 5.41 Å². The molecule has 2 nitrogen and oxygen atoms in total. The maximum absolute atomic E-state index is 8.56. The van der Waals surface area contributed by atoms with E-state index in [1.165, 1.54) is 0 Å². The second kappa shape index (κ2) is 3.61. The largest absolute Gasteiger partial charge is 0.192 e. The Morgan fingerprint density at radius 2 is 1.58 bits per heavy atom. The average molecular weight is 158 g/mol. The normalized spacial score (nSPS) is 9.00. The molecule has 0 aliphatic rings. The van der Waals surface area contributed by atoms with Crippen molar-refractivity contribution in [2.45, 2.75) is 20.8 Å². The maximum atomic E-state index is 8.56. The van der Waals surface area contributed by atoms with Crippen LogP contribution in [0.5, 0.6) is 0 Å². The van der Waals surface area contributed by atoms with Crippen molar-refractivity contribution in [3.8, 4) is 24.5 Å². The molecule has 0 saturated heterocycles. The van der Waals surface area contributed by atoms with Gasteiger partial charge >= 0.3 is 0 Å². The number of hydrogen-bond acceptors (Lipinski definition) is 2. The molecule has 0 bridgehead atoms. The first-order valence-corrected chi connectivity index (χ1v) is 3.49. The van der Waals surface area contributed by atoms with Gasteiger partial charge in [0, 0.05) is 5.57 Å². The van der Waals surface area contributed by atoms with Crippen LogP contribution in [0.15, 0.2) is 11.1 Å². The van der Waals surface area contributed by atoms with Crippen LogP contribution >= 0.6 is 0 Å². The van der Waals surface area contributed by atoms with Crippen molar-refractivity contribution >= 4 is 0 Å². The van der Waals surface area contributed by atoms with Crippen LogP contribution in [0.1, 0.15) is 20.8 Å². The van der Waals surface area contributed by atoms with Crippen LogP contribution in [0.2, 0.25) is 0 Å². The van der Waals surface area contributed by atoms with Crippen molar-refractivity contribution in [1.29, 1.82) is 10.5 Å². The summed E-state index contributed by atoms with van der Waals surface area (Å²) in [5.74, 6) is 2.38. The Kier molecular flexibility index (Phi) is 3.09. The van der Waals surface area contributed by atoms with Gasteiger partial charge in [-0.15, -0.1) is 6.42 Å². The Balaban J connectivity index is 5.39. The molecule has 12 heavy (non-hydrogen) atoms. The van der Waals surface area contributed by atoms with Crippen LogP contribution in [0, 0.1) is 40.4 Å². The van der Waals surface area contributed by atoms with E-state index in [0.717, 1.165) is 0 Å². The number of terminal acetylenes is 1. The fourth-order valence-corrected chi connectivity index (χ4v) is 0.800. The summed E-state index contributed by atoms with van der Waals surface area (Å²) in [4.78, 5) is 0. The first kappa shape index (κ1) is 10.3. The highest BCUT2D eigenvalue weighted by Gasteiger charge is 2.19. The molecule has 0 saturated carbocycles. The third kappa shape index (κ3) is 2.15. The summed E-state index contributed by atoms with van der Waals surface area (Å²) in [5, 5.41) is 17.1. The minimum Gasteiger partial charge on any atom is -0.192 e. The Bertz CT molecular complexity index is 305. The zero-order valence-corrected chi connectivity index (χ0v) is 7.47. The van der Waals surface area contributed by atoms with E-state index in [4.69, 9.17) is 16.9 Å². The lowest BCUT2D eigenvalue weighted by Gasteiger charge is -2.17. The lowest BCUT2D eigenvalue weighted by Crippen LogP contribution is -2.09. The van der Waals surface area contributed by atoms with E-state index in [0.29, 0.717) is 5.57 Å². The molecule has 0 aromatic heterocycles. The molecule has 0 rings (SSSR count). The monoisotopic (exact) mass is 158 g/mol. The molecule has 0 unspecified atom stereocenters. The molecule has 0 aliphatic heterocycles. The fraction of sp³-hybridized carbons (Fsp3) is 0.400. The molecule has 0 aliphatic carbocycles. The fourth-order valence-electron chi connectivity index (χ4n) is 0.800. The maximum Gasteiger partial charge on any atom is 0.141 e. The van der Waals surface area contributed by atoms with Gasteiger partial charge in [0.2, 0.25) is 0 Å². The molecule has 0 atom stereocenters. The minimum atomic E-state index is -0.310. The van der Waals surface area contributed by atoms with Gasteiger partial charge in [-0.25, -0.2) is 0 Å². The summed E-state index contributed by atoms with van der Waals surface area (Å²) < 4.78 is 0. The van der Waals surface area contributed by atoms with Crippen molar-refractivity contribution in [2.75, 3.05) is 0 Å². The first-order chi connectivity index (χ1) is 5.47. The standard InChI is InChI=1S/C10H10N2/c1-5-9(10(2,3)4)8(6-11)7-12/h1H,2-4H3. The number of hydrogen-bond donors (Lipinski definition) is 0. The smallest absolute Gasteiger partial charge is 0.141 e. The van der Waals surface area contributed by atoms with Crippen LogP contribution < -0.4 is 0 Å². The van der Waals surface area contributed by atoms with E-state index in [2.05, 4.69) is 5.92 Å². The number of nitrogens with zero attached hydrogens (tertiary/aromatic N) is 2. The summed E-state index contributed by atoms with van der Waals surface area (Å²) in [5.41, 5.74) is 0.188. The average Bonchev–Trinajstić information content (AvgIpc) is 1.97. The lowest BCUT2D eigenvalue weighted by molar-refractivity contribution is 0.519. The number of allylic oxidation sites excluding steroid dienone is 2. The van der Waals surface area contributed by atoms with Crippen molar-refractivity contribution in [3.05, 3.63) is 11.1 Å². The van der Waals surface area contributed by atoms with Gasteiger partial charge in [-0.3, -0.25) is 0 Å². The van der Waals surface area contributed by atoms with E-state index in [9.17, 15) is 0 Å².